The number of nitrogens with zero attached hydrogens (tertiary/aromatic N) is 4. The fourth-order valence-corrected chi connectivity index (χ4v) is 2.97. The molecule has 0 fully saturated rings. The number of hydrogen-bond donors (Lipinski definition) is 1. The van der Waals surface area contributed by atoms with Gasteiger partial charge in [-0.25, -0.2) is 9.97 Å². The maximum atomic E-state index is 13.1. The van der Waals surface area contributed by atoms with Gasteiger partial charge in [0.25, 0.3) is 11.8 Å². The zero-order chi connectivity index (χ0) is 19.7. The number of rotatable bonds is 5. The summed E-state index contributed by atoms with van der Waals surface area (Å²) in [5.74, 6) is -0.315. The van der Waals surface area contributed by atoms with Crippen LogP contribution in [0.3, 0.4) is 0 Å². The molecule has 4 aromatic rings. The lowest BCUT2D eigenvalue weighted by molar-refractivity contribution is 0.0767. The summed E-state index contributed by atoms with van der Waals surface area (Å²) in [7, 11) is 1.67. The Morgan fingerprint density at radius 3 is 2.64 bits per heavy atom. The zero-order valence-corrected chi connectivity index (χ0v) is 15.1. The van der Waals surface area contributed by atoms with Crippen LogP contribution in [-0.2, 0) is 6.54 Å². The van der Waals surface area contributed by atoms with E-state index in [1.54, 1.807) is 31.5 Å². The summed E-state index contributed by atoms with van der Waals surface area (Å²) < 4.78 is 6.80. The van der Waals surface area contributed by atoms with E-state index in [4.69, 9.17) is 10.2 Å². The predicted molar refractivity (Wildman–Crippen MR) is 101 cm³/mol. The molecule has 2 N–H and O–H groups in total. The zero-order valence-electron chi connectivity index (χ0n) is 15.1. The third kappa shape index (κ3) is 3.11. The molecule has 1 aromatic carbocycles. The number of hydrogen-bond acceptors (Lipinski definition) is 5. The summed E-state index contributed by atoms with van der Waals surface area (Å²) in [4.78, 5) is 35.0. The minimum atomic E-state index is -0.706. The number of amides is 2. The Labute approximate surface area is 160 Å². The van der Waals surface area contributed by atoms with Crippen molar-refractivity contribution in [2.45, 2.75) is 6.54 Å². The molecule has 0 bridgehead atoms. The topological polar surface area (TPSA) is 107 Å². The van der Waals surface area contributed by atoms with Crippen LogP contribution in [0.4, 0.5) is 0 Å². The Kier molecular flexibility index (Phi) is 4.36. The van der Waals surface area contributed by atoms with Crippen molar-refractivity contribution >= 4 is 17.5 Å². The van der Waals surface area contributed by atoms with Crippen LogP contribution in [0, 0.1) is 0 Å². The molecule has 8 heteroatoms. The van der Waals surface area contributed by atoms with Gasteiger partial charge < -0.3 is 15.1 Å². The van der Waals surface area contributed by atoms with Crippen LogP contribution in [0.2, 0.25) is 0 Å². The van der Waals surface area contributed by atoms with Gasteiger partial charge in [0.15, 0.2) is 11.3 Å². The average Bonchev–Trinajstić information content (AvgIpc) is 3.36. The molecule has 2 amide bonds. The molecular weight excluding hydrogens is 358 g/mol. The van der Waals surface area contributed by atoms with Gasteiger partial charge in [-0.2, -0.15) is 0 Å². The van der Waals surface area contributed by atoms with Gasteiger partial charge in [0.05, 0.1) is 18.5 Å². The summed E-state index contributed by atoms with van der Waals surface area (Å²) in [6.07, 6.45) is 2.94. The summed E-state index contributed by atoms with van der Waals surface area (Å²) >= 11 is 0. The molecule has 140 valence electrons. The van der Waals surface area contributed by atoms with Crippen LogP contribution >= 0.6 is 0 Å². The first kappa shape index (κ1) is 17.5. The molecule has 0 aliphatic carbocycles. The number of carbonyl (C=O) groups is 2. The predicted octanol–water partition coefficient (Wildman–Crippen LogP) is 2.36. The molecule has 0 aliphatic rings. The van der Waals surface area contributed by atoms with Crippen molar-refractivity contribution in [1.82, 2.24) is 19.3 Å². The minimum Gasteiger partial charge on any atom is -0.467 e. The van der Waals surface area contributed by atoms with Crippen molar-refractivity contribution in [3.63, 3.8) is 0 Å². The fraction of sp³-hybridized carbons (Fsp3) is 0.100. The van der Waals surface area contributed by atoms with Gasteiger partial charge in [-0.15, -0.1) is 0 Å². The number of benzene rings is 1. The number of primary amides is 1. The van der Waals surface area contributed by atoms with E-state index in [2.05, 4.69) is 9.97 Å². The van der Waals surface area contributed by atoms with E-state index in [9.17, 15) is 9.59 Å². The number of fused-ring (bicyclic) bond motifs is 1. The maximum Gasteiger partial charge on any atom is 0.271 e. The van der Waals surface area contributed by atoms with Crippen LogP contribution in [0.25, 0.3) is 16.9 Å². The Morgan fingerprint density at radius 2 is 1.96 bits per heavy atom. The monoisotopic (exact) mass is 375 g/mol. The van der Waals surface area contributed by atoms with Crippen LogP contribution in [0.15, 0.2) is 65.5 Å². The fourth-order valence-electron chi connectivity index (χ4n) is 2.97. The molecule has 0 unspecified atom stereocenters. The lowest BCUT2D eigenvalue weighted by Gasteiger charge is -2.17. The van der Waals surface area contributed by atoms with Crippen molar-refractivity contribution in [3.8, 4) is 11.3 Å². The van der Waals surface area contributed by atoms with Gasteiger partial charge in [-0.05, 0) is 18.2 Å². The van der Waals surface area contributed by atoms with Crippen LogP contribution < -0.4 is 5.73 Å². The van der Waals surface area contributed by atoms with Gasteiger partial charge in [0.1, 0.15) is 17.8 Å². The number of nitrogens with two attached hydrogens (primary N) is 1. The molecule has 28 heavy (non-hydrogen) atoms. The van der Waals surface area contributed by atoms with E-state index in [1.165, 1.54) is 15.6 Å². The Morgan fingerprint density at radius 1 is 1.18 bits per heavy atom. The molecule has 3 heterocycles. The number of carbonyl (C=O) groups excluding carboxylic acids is 2. The molecule has 0 radical (unpaired) electrons. The minimum absolute atomic E-state index is 0.0144. The first-order valence-corrected chi connectivity index (χ1v) is 8.56. The average molecular weight is 375 g/mol. The molecule has 4 rings (SSSR count). The van der Waals surface area contributed by atoms with Crippen molar-refractivity contribution in [3.05, 3.63) is 78.3 Å². The standard InChI is InChI=1S/C20H17N5O3/c1-24(11-14-8-5-9-28-14)20(27)16-10-15(13-6-3-2-4-7-13)23-19-17(18(21)26)22-12-25(16)19/h2-10,12H,11H2,1H3,(H2,21,26). The Bertz CT molecular complexity index is 1150. The smallest absolute Gasteiger partial charge is 0.271 e. The lowest BCUT2D eigenvalue weighted by atomic mass is 10.1. The van der Waals surface area contributed by atoms with Gasteiger partial charge in [-0.1, -0.05) is 30.3 Å². The highest BCUT2D eigenvalue weighted by Gasteiger charge is 2.22. The van der Waals surface area contributed by atoms with Gasteiger partial charge >= 0.3 is 0 Å². The highest BCUT2D eigenvalue weighted by Crippen LogP contribution is 2.22. The van der Waals surface area contributed by atoms with Crippen molar-refractivity contribution < 1.29 is 14.0 Å². The van der Waals surface area contributed by atoms with Gasteiger partial charge in [0.2, 0.25) is 0 Å². The van der Waals surface area contributed by atoms with Crippen LogP contribution in [0.1, 0.15) is 26.7 Å². The summed E-state index contributed by atoms with van der Waals surface area (Å²) in [5.41, 5.74) is 7.35. The Balaban J connectivity index is 1.84. The summed E-state index contributed by atoms with van der Waals surface area (Å²) in [5, 5.41) is 0. The molecule has 0 spiro atoms. The first-order valence-electron chi connectivity index (χ1n) is 8.56. The second-order valence-electron chi connectivity index (χ2n) is 6.28. The van der Waals surface area contributed by atoms with Crippen molar-refractivity contribution in [2.75, 3.05) is 7.05 Å². The van der Waals surface area contributed by atoms with E-state index in [-0.39, 0.29) is 17.2 Å². The lowest BCUT2D eigenvalue weighted by Crippen LogP contribution is -2.28. The summed E-state index contributed by atoms with van der Waals surface area (Å²) in [6, 6.07) is 14.6. The van der Waals surface area contributed by atoms with Gasteiger partial charge in [0, 0.05) is 12.6 Å². The third-order valence-electron chi connectivity index (χ3n) is 4.34. The number of imidazole rings is 1. The van der Waals surface area contributed by atoms with E-state index in [0.717, 1.165) is 5.56 Å². The SMILES string of the molecule is CN(Cc1ccco1)C(=O)c1cc(-c2ccccc2)nc2c(C(N)=O)ncn12. The van der Waals surface area contributed by atoms with Crippen LogP contribution in [0.5, 0.6) is 0 Å². The molecule has 8 nitrogen and oxygen atoms in total. The number of furan rings is 1. The second kappa shape index (κ2) is 6.99. The highest BCUT2D eigenvalue weighted by molar-refractivity contribution is 5.99. The van der Waals surface area contributed by atoms with E-state index < -0.39 is 5.91 Å². The van der Waals surface area contributed by atoms with Gasteiger partial charge in [-0.3, -0.25) is 14.0 Å². The molecule has 3 aromatic heterocycles. The second-order valence-corrected chi connectivity index (χ2v) is 6.28. The normalized spacial score (nSPS) is 10.9. The Hall–Kier alpha value is -3.94. The maximum absolute atomic E-state index is 13.1. The number of aromatic nitrogens is 3. The summed E-state index contributed by atoms with van der Waals surface area (Å²) in [6.45, 7) is 0.299. The largest absolute Gasteiger partial charge is 0.467 e. The van der Waals surface area contributed by atoms with E-state index >= 15 is 0 Å². The first-order chi connectivity index (χ1) is 13.5. The molecule has 0 saturated heterocycles. The van der Waals surface area contributed by atoms with Crippen molar-refractivity contribution in [1.29, 1.82) is 0 Å². The molecule has 0 aliphatic heterocycles. The highest BCUT2D eigenvalue weighted by atomic mass is 16.3. The molecule has 0 atom stereocenters. The quantitative estimate of drug-likeness (QED) is 0.576. The van der Waals surface area contributed by atoms with E-state index in [0.29, 0.717) is 23.7 Å². The van der Waals surface area contributed by atoms with Crippen LogP contribution in [-0.4, -0.2) is 38.1 Å². The van der Waals surface area contributed by atoms with E-state index in [1.807, 2.05) is 30.3 Å². The molecular formula is C20H17N5O3. The van der Waals surface area contributed by atoms with Crippen molar-refractivity contribution in [2.24, 2.45) is 5.73 Å². The molecule has 0 saturated carbocycles. The third-order valence-corrected chi connectivity index (χ3v) is 4.34.